The van der Waals surface area contributed by atoms with Crippen LogP contribution in [-0.2, 0) is 64.0 Å². The number of hydrogen-bond acceptors (Lipinski definition) is 13. The van der Waals surface area contributed by atoms with Gasteiger partial charge in [-0.3, -0.25) is 57.5 Å². The zero-order chi connectivity index (χ0) is 50.8. The molecule has 0 unspecified atom stereocenters. The number of amides is 12. The van der Waals surface area contributed by atoms with Crippen LogP contribution in [0.4, 0.5) is 0 Å². The van der Waals surface area contributed by atoms with Crippen molar-refractivity contribution in [3.05, 3.63) is 29.8 Å². The highest BCUT2D eigenvalue weighted by molar-refractivity contribution is 6.00. The third kappa shape index (κ3) is 17.5. The number of phenolic OH excluding ortho intramolecular Hbond substituents is 1. The predicted octanol–water partition coefficient (Wildman–Crippen LogP) is -4.81. The molecule has 2 heterocycles. The number of primary amides is 3. The van der Waals surface area contributed by atoms with E-state index in [0.717, 1.165) is 4.90 Å². The fourth-order valence-electron chi connectivity index (χ4n) is 7.24. The van der Waals surface area contributed by atoms with Crippen molar-refractivity contribution >= 4 is 70.9 Å². The molecular formula is C43H64N12O13. The Hall–Kier alpha value is -7.34. The molecule has 2 aliphatic heterocycles. The summed E-state index contributed by atoms with van der Waals surface area (Å²) in [6.07, 6.45) is -2.27. The van der Waals surface area contributed by atoms with E-state index in [1.165, 1.54) is 24.3 Å². The predicted molar refractivity (Wildman–Crippen MR) is 239 cm³/mol. The maximum Gasteiger partial charge on any atom is 0.245 e. The Morgan fingerprint density at radius 2 is 1.40 bits per heavy atom. The van der Waals surface area contributed by atoms with Crippen molar-refractivity contribution in [2.75, 3.05) is 19.6 Å². The first kappa shape index (κ1) is 55.0. The summed E-state index contributed by atoms with van der Waals surface area (Å²) in [5.74, 6) is -11.5. The number of benzene rings is 1. The highest BCUT2D eigenvalue weighted by Crippen LogP contribution is 2.21. The van der Waals surface area contributed by atoms with Crippen LogP contribution in [0.15, 0.2) is 24.3 Å². The van der Waals surface area contributed by atoms with Gasteiger partial charge in [-0.15, -0.1) is 0 Å². The number of carbonyl (C=O) groups is 12. The van der Waals surface area contributed by atoms with E-state index in [1.54, 1.807) is 27.7 Å². The summed E-state index contributed by atoms with van der Waals surface area (Å²) in [5, 5.41) is 29.6. The van der Waals surface area contributed by atoms with Crippen molar-refractivity contribution in [1.82, 2.24) is 47.4 Å². The van der Waals surface area contributed by atoms with Crippen LogP contribution >= 0.6 is 0 Å². The van der Waals surface area contributed by atoms with Crippen LogP contribution in [0.25, 0.3) is 0 Å². The van der Waals surface area contributed by atoms with Gasteiger partial charge in [0.05, 0.1) is 19.5 Å². The van der Waals surface area contributed by atoms with Crippen molar-refractivity contribution in [1.29, 1.82) is 0 Å². The van der Waals surface area contributed by atoms with E-state index in [-0.39, 0.29) is 37.5 Å². The average molecular weight is 957 g/mol. The third-order valence-electron chi connectivity index (χ3n) is 11.3. The molecule has 0 saturated carbocycles. The van der Waals surface area contributed by atoms with Crippen molar-refractivity contribution in [2.24, 2.45) is 29.0 Å². The Morgan fingerprint density at radius 3 is 1.97 bits per heavy atom. The van der Waals surface area contributed by atoms with Crippen molar-refractivity contribution in [3.8, 4) is 5.75 Å². The van der Waals surface area contributed by atoms with E-state index in [2.05, 4.69) is 42.5 Å². The quantitative estimate of drug-likeness (QED) is 0.0699. The van der Waals surface area contributed by atoms with Crippen LogP contribution in [0.2, 0.25) is 0 Å². The van der Waals surface area contributed by atoms with Crippen LogP contribution in [0, 0.1) is 11.8 Å². The lowest BCUT2D eigenvalue weighted by Gasteiger charge is -2.42. The largest absolute Gasteiger partial charge is 0.508 e. The highest BCUT2D eigenvalue weighted by Gasteiger charge is 2.43. The number of likely N-dealkylation sites (tertiary alicyclic amines) is 1. The van der Waals surface area contributed by atoms with Crippen LogP contribution in [0.5, 0.6) is 5.75 Å². The second-order valence-electron chi connectivity index (χ2n) is 17.2. The Bertz CT molecular complexity index is 2070. The first-order valence-electron chi connectivity index (χ1n) is 22.3. The van der Waals surface area contributed by atoms with Gasteiger partial charge in [0, 0.05) is 25.8 Å². The normalized spacial score (nSPS) is 23.1. The summed E-state index contributed by atoms with van der Waals surface area (Å²) in [6.45, 7) is 5.74. The van der Waals surface area contributed by atoms with Gasteiger partial charge in [-0.1, -0.05) is 46.2 Å². The molecule has 2 saturated heterocycles. The van der Waals surface area contributed by atoms with E-state index in [0.29, 0.717) is 12.0 Å². The number of hydrogen-bond donors (Lipinski definition) is 12. The van der Waals surface area contributed by atoms with Crippen LogP contribution < -0.4 is 59.7 Å². The molecule has 8 atom stereocenters. The summed E-state index contributed by atoms with van der Waals surface area (Å²) in [6, 6.07) is -4.34. The molecule has 0 bridgehead atoms. The molecule has 15 N–H and O–H groups in total. The molecule has 0 spiro atoms. The van der Waals surface area contributed by atoms with E-state index < -0.39 is 164 Å². The Kier molecular flexibility index (Phi) is 21.1. The van der Waals surface area contributed by atoms with Crippen molar-refractivity contribution in [2.45, 2.75) is 128 Å². The average Bonchev–Trinajstić information content (AvgIpc) is 3.24. The number of carbonyl (C=O) groups excluding carboxylic acids is 12. The molecular weight excluding hydrogens is 893 g/mol. The SMILES string of the molecule is CC[C@H](C)[C@@H]1NC(=O)[C@H](Cc2ccc(O)cc2)NC(=O)CNC(=O)CC[C@@H](C(=O)N2CC[C@H]2C(=O)N[C@@H](CC(C)C)C(=O)NCC(N)=O)NC(=O)[C@H](CC(N)=O)NC(=O)[C@H](CCC(N)=O)NC1=O. The Balaban J connectivity index is 2.03. The minimum absolute atomic E-state index is 0.0163. The molecule has 0 radical (unpaired) electrons. The van der Waals surface area contributed by atoms with Gasteiger partial charge in [0.2, 0.25) is 70.9 Å². The van der Waals surface area contributed by atoms with Gasteiger partial charge in [0.25, 0.3) is 0 Å². The number of nitrogens with one attached hydrogen (secondary N) is 8. The topological polar surface area (TPSA) is 403 Å². The second kappa shape index (κ2) is 26.1. The zero-order valence-electron chi connectivity index (χ0n) is 38.5. The molecule has 3 rings (SSSR count). The maximum atomic E-state index is 14.2. The van der Waals surface area contributed by atoms with Crippen molar-refractivity contribution in [3.63, 3.8) is 0 Å². The van der Waals surface area contributed by atoms with E-state index in [4.69, 9.17) is 17.2 Å². The van der Waals surface area contributed by atoms with E-state index >= 15 is 0 Å². The number of phenols is 1. The van der Waals surface area contributed by atoms with Gasteiger partial charge in [-0.05, 0) is 55.2 Å². The third-order valence-corrected chi connectivity index (χ3v) is 11.3. The first-order chi connectivity index (χ1) is 32.0. The van der Waals surface area contributed by atoms with Gasteiger partial charge in [-0.25, -0.2) is 0 Å². The summed E-state index contributed by atoms with van der Waals surface area (Å²) in [5.41, 5.74) is 16.5. The molecule has 0 aromatic heterocycles. The fourth-order valence-corrected chi connectivity index (χ4v) is 7.24. The summed E-state index contributed by atoms with van der Waals surface area (Å²) in [7, 11) is 0. The van der Waals surface area contributed by atoms with Crippen LogP contribution in [-0.4, -0.2) is 143 Å². The Labute approximate surface area is 392 Å². The molecule has 374 valence electrons. The minimum atomic E-state index is -1.82. The van der Waals surface area contributed by atoms with Crippen LogP contribution in [0.3, 0.4) is 0 Å². The lowest BCUT2D eigenvalue weighted by Crippen LogP contribution is -2.65. The van der Waals surface area contributed by atoms with E-state index in [1.807, 2.05) is 0 Å². The van der Waals surface area contributed by atoms with Crippen molar-refractivity contribution < 1.29 is 62.6 Å². The molecule has 2 fully saturated rings. The summed E-state index contributed by atoms with van der Waals surface area (Å²) >= 11 is 0. The van der Waals surface area contributed by atoms with Gasteiger partial charge >= 0.3 is 0 Å². The second-order valence-corrected chi connectivity index (χ2v) is 17.2. The van der Waals surface area contributed by atoms with E-state index in [9.17, 15) is 62.6 Å². The van der Waals surface area contributed by atoms with Gasteiger partial charge in [0.15, 0.2) is 0 Å². The number of nitrogens with two attached hydrogens (primary N) is 3. The molecule has 68 heavy (non-hydrogen) atoms. The van der Waals surface area contributed by atoms with Crippen LogP contribution in [0.1, 0.15) is 84.6 Å². The minimum Gasteiger partial charge on any atom is -0.508 e. The first-order valence-corrected chi connectivity index (χ1v) is 22.3. The van der Waals surface area contributed by atoms with Gasteiger partial charge < -0.3 is 69.7 Å². The fraction of sp³-hybridized carbons (Fsp3) is 0.581. The Morgan fingerprint density at radius 1 is 0.765 bits per heavy atom. The molecule has 1 aromatic carbocycles. The maximum absolute atomic E-state index is 14.2. The standard InChI is InChI=1S/C43H64N12O13/c1-5-22(4)36-42(67)50-25(10-12-31(44)57)38(63)52-29(18-32(45)58)39(64)51-26(43(68)55-15-14-30(55)41(66)53-27(16-21(2)3)37(62)48-19-33(46)59)11-13-34(60)47-20-35(61)49-28(40(65)54-36)17-23-6-8-24(56)9-7-23/h6-9,21-22,25-30,36,56H,5,10-20H2,1-4H3,(H2,44,57)(H2,45,58)(H2,46,59)(H,47,60)(H,48,62)(H,49,61)(H,50,67)(H,51,64)(H,52,63)(H,53,66)(H,54,65)/t22-,25-,26-,27-,28-,29-,30-,36-/m0/s1. The number of nitrogens with zero attached hydrogens (tertiary/aromatic N) is 1. The highest BCUT2D eigenvalue weighted by atomic mass is 16.3. The lowest BCUT2D eigenvalue weighted by molar-refractivity contribution is -0.151. The molecule has 25 nitrogen and oxygen atoms in total. The zero-order valence-corrected chi connectivity index (χ0v) is 38.5. The smallest absolute Gasteiger partial charge is 0.245 e. The number of rotatable bonds is 17. The summed E-state index contributed by atoms with van der Waals surface area (Å²) in [4.78, 5) is 160. The molecule has 2 aliphatic rings. The molecule has 1 aromatic rings. The monoisotopic (exact) mass is 956 g/mol. The summed E-state index contributed by atoms with van der Waals surface area (Å²) < 4.78 is 0. The molecule has 0 aliphatic carbocycles. The van der Waals surface area contributed by atoms with Gasteiger partial charge in [-0.2, -0.15) is 0 Å². The molecule has 12 amide bonds. The van der Waals surface area contributed by atoms with Gasteiger partial charge in [0.1, 0.15) is 48.0 Å². The number of aromatic hydroxyl groups is 1. The molecule has 25 heteroatoms. The lowest BCUT2D eigenvalue weighted by atomic mass is 9.96.